The fourth-order valence-electron chi connectivity index (χ4n) is 0.429. The summed E-state index contributed by atoms with van der Waals surface area (Å²) in [4.78, 5) is 32.2. The summed E-state index contributed by atoms with van der Waals surface area (Å²) in [6.07, 6.45) is 3.14. The second kappa shape index (κ2) is 5.46. The number of carboxylic acids is 2. The minimum absolute atomic E-state index is 0.215. The zero-order valence-corrected chi connectivity index (χ0v) is 7.25. The Kier molecular flexibility index (Phi) is 4.61. The molecule has 0 spiro atoms. The molecular formula is C7H8N2O5. The summed E-state index contributed by atoms with van der Waals surface area (Å²) >= 11 is 0. The van der Waals surface area contributed by atoms with Gasteiger partial charge in [0.1, 0.15) is 0 Å². The Labute approximate surface area is 78.3 Å². The number of carboxylic acid groups (broad SMARTS) is 2. The highest BCUT2D eigenvalue weighted by Gasteiger charge is 2.04. The fourth-order valence-corrected chi connectivity index (χ4v) is 0.429. The van der Waals surface area contributed by atoms with E-state index in [1.807, 2.05) is 0 Å². The van der Waals surface area contributed by atoms with Crippen LogP contribution in [0.3, 0.4) is 0 Å². The third-order valence-electron chi connectivity index (χ3n) is 1.07. The fraction of sp³-hybridized carbons (Fsp3) is 0.143. The predicted octanol–water partition coefficient (Wildman–Crippen LogP) is -1.06. The molecular weight excluding hydrogens is 192 g/mol. The zero-order valence-electron chi connectivity index (χ0n) is 7.25. The molecule has 0 aliphatic heterocycles. The maximum Gasteiger partial charge on any atom is 0.414 e. The van der Waals surface area contributed by atoms with Gasteiger partial charge >= 0.3 is 17.6 Å². The van der Waals surface area contributed by atoms with Crippen LogP contribution in [-0.4, -0.2) is 31.7 Å². The Morgan fingerprint density at radius 3 is 2.07 bits per heavy atom. The van der Waals surface area contributed by atoms with Crippen molar-refractivity contribution < 1.29 is 19.8 Å². The molecule has 0 radical (unpaired) electrons. The first-order valence-electron chi connectivity index (χ1n) is 3.39. The van der Waals surface area contributed by atoms with Crippen molar-refractivity contribution >= 4 is 11.9 Å². The van der Waals surface area contributed by atoms with Crippen molar-refractivity contribution in [3.05, 3.63) is 28.9 Å². The number of aromatic nitrogens is 2. The minimum atomic E-state index is -1.82. The van der Waals surface area contributed by atoms with E-state index < -0.39 is 11.9 Å². The number of hydrogen-bond donors (Lipinski definition) is 2. The first-order valence-corrected chi connectivity index (χ1v) is 3.39. The predicted molar refractivity (Wildman–Crippen MR) is 44.7 cm³/mol. The summed E-state index contributed by atoms with van der Waals surface area (Å²) in [7, 11) is 1.66. The zero-order chi connectivity index (χ0) is 11.1. The molecule has 2 N–H and O–H groups in total. The Balaban J connectivity index is 0.000000255. The van der Waals surface area contributed by atoms with Crippen molar-refractivity contribution in [1.29, 1.82) is 0 Å². The lowest BCUT2D eigenvalue weighted by Gasteiger charge is -1.88. The van der Waals surface area contributed by atoms with Crippen molar-refractivity contribution in [3.8, 4) is 0 Å². The third kappa shape index (κ3) is 4.65. The van der Waals surface area contributed by atoms with Crippen molar-refractivity contribution in [1.82, 2.24) is 9.55 Å². The smallest absolute Gasteiger partial charge is 0.414 e. The summed E-state index contributed by atoms with van der Waals surface area (Å²) in [5.41, 5.74) is -0.215. The molecule has 7 nitrogen and oxygen atoms in total. The van der Waals surface area contributed by atoms with E-state index in [0.717, 1.165) is 0 Å². The Morgan fingerprint density at radius 2 is 1.86 bits per heavy atom. The SMILES string of the molecule is Cn1cccnc1=O.O=C(O)C(=O)O. The average Bonchev–Trinajstić information content (AvgIpc) is 2.11. The van der Waals surface area contributed by atoms with Gasteiger partial charge in [-0.05, 0) is 6.07 Å². The van der Waals surface area contributed by atoms with Crippen LogP contribution < -0.4 is 5.69 Å². The Hall–Kier alpha value is -2.18. The highest BCUT2D eigenvalue weighted by molar-refractivity contribution is 6.27. The van der Waals surface area contributed by atoms with Gasteiger partial charge in [0, 0.05) is 19.4 Å². The van der Waals surface area contributed by atoms with Gasteiger partial charge in [-0.25, -0.2) is 19.4 Å². The maximum atomic E-state index is 10.5. The molecule has 0 saturated heterocycles. The molecule has 0 saturated carbocycles. The second-order valence-electron chi connectivity index (χ2n) is 2.12. The van der Waals surface area contributed by atoms with E-state index in [1.165, 1.54) is 10.8 Å². The maximum absolute atomic E-state index is 10.5. The summed E-state index contributed by atoms with van der Waals surface area (Å²) in [6, 6.07) is 1.71. The van der Waals surface area contributed by atoms with E-state index in [2.05, 4.69) is 4.98 Å². The molecule has 0 unspecified atom stereocenters. The van der Waals surface area contributed by atoms with Crippen molar-refractivity contribution in [2.24, 2.45) is 7.05 Å². The van der Waals surface area contributed by atoms with Crippen LogP contribution in [0.4, 0.5) is 0 Å². The van der Waals surface area contributed by atoms with Crippen LogP contribution in [0.15, 0.2) is 23.3 Å². The molecule has 1 heterocycles. The summed E-state index contributed by atoms with van der Waals surface area (Å²) in [5.74, 6) is -3.65. The van der Waals surface area contributed by atoms with Crippen molar-refractivity contribution in [2.75, 3.05) is 0 Å². The molecule has 0 aromatic carbocycles. The summed E-state index contributed by atoms with van der Waals surface area (Å²) in [5, 5.41) is 14.8. The Bertz CT molecular complexity index is 372. The van der Waals surface area contributed by atoms with Gasteiger partial charge in [0.25, 0.3) is 0 Å². The largest absolute Gasteiger partial charge is 0.473 e. The van der Waals surface area contributed by atoms with Crippen LogP contribution in [-0.2, 0) is 16.6 Å². The van der Waals surface area contributed by atoms with Crippen LogP contribution in [0.5, 0.6) is 0 Å². The molecule has 14 heavy (non-hydrogen) atoms. The number of aryl methyl sites for hydroxylation is 1. The number of rotatable bonds is 0. The first kappa shape index (κ1) is 11.8. The number of aliphatic carboxylic acids is 2. The van der Waals surface area contributed by atoms with Gasteiger partial charge in [0.15, 0.2) is 0 Å². The summed E-state index contributed by atoms with van der Waals surface area (Å²) < 4.78 is 1.42. The van der Waals surface area contributed by atoms with Gasteiger partial charge in [0.2, 0.25) is 0 Å². The molecule has 0 amide bonds. The van der Waals surface area contributed by atoms with E-state index in [1.54, 1.807) is 19.3 Å². The molecule has 0 aliphatic carbocycles. The van der Waals surface area contributed by atoms with E-state index in [4.69, 9.17) is 19.8 Å². The molecule has 0 aliphatic rings. The lowest BCUT2D eigenvalue weighted by Crippen LogP contribution is -2.17. The molecule has 0 atom stereocenters. The monoisotopic (exact) mass is 200 g/mol. The van der Waals surface area contributed by atoms with Crippen LogP contribution in [0.1, 0.15) is 0 Å². The lowest BCUT2D eigenvalue weighted by molar-refractivity contribution is -0.159. The van der Waals surface area contributed by atoms with Crippen LogP contribution >= 0.6 is 0 Å². The van der Waals surface area contributed by atoms with Crippen LogP contribution in [0, 0.1) is 0 Å². The highest BCUT2D eigenvalue weighted by Crippen LogP contribution is 1.68. The highest BCUT2D eigenvalue weighted by atomic mass is 16.4. The van der Waals surface area contributed by atoms with Gasteiger partial charge in [-0.1, -0.05) is 0 Å². The van der Waals surface area contributed by atoms with Gasteiger partial charge in [-0.2, -0.15) is 0 Å². The molecule has 0 fully saturated rings. The topological polar surface area (TPSA) is 109 Å². The molecule has 76 valence electrons. The summed E-state index contributed by atoms with van der Waals surface area (Å²) in [6.45, 7) is 0. The first-order chi connectivity index (χ1) is 6.45. The standard InChI is InChI=1S/C5H6N2O.C2H2O4/c1-7-4-2-3-6-5(7)8;3-1(4)2(5)6/h2-4H,1H3;(H,3,4)(H,5,6). The van der Waals surface area contributed by atoms with E-state index in [9.17, 15) is 4.79 Å². The van der Waals surface area contributed by atoms with Gasteiger partial charge in [-0.15, -0.1) is 0 Å². The van der Waals surface area contributed by atoms with Crippen LogP contribution in [0.2, 0.25) is 0 Å². The molecule has 1 rings (SSSR count). The molecule has 1 aromatic rings. The van der Waals surface area contributed by atoms with E-state index in [0.29, 0.717) is 0 Å². The van der Waals surface area contributed by atoms with Crippen molar-refractivity contribution in [3.63, 3.8) is 0 Å². The second-order valence-corrected chi connectivity index (χ2v) is 2.12. The van der Waals surface area contributed by atoms with Gasteiger partial charge in [0.05, 0.1) is 0 Å². The van der Waals surface area contributed by atoms with E-state index in [-0.39, 0.29) is 5.69 Å². The quantitative estimate of drug-likeness (QED) is 0.516. The molecule has 0 bridgehead atoms. The number of nitrogens with zero attached hydrogens (tertiary/aromatic N) is 2. The van der Waals surface area contributed by atoms with E-state index >= 15 is 0 Å². The number of carbonyl (C=O) groups is 2. The minimum Gasteiger partial charge on any atom is -0.473 e. The number of hydrogen-bond acceptors (Lipinski definition) is 4. The average molecular weight is 200 g/mol. The Morgan fingerprint density at radius 1 is 1.36 bits per heavy atom. The van der Waals surface area contributed by atoms with Gasteiger partial charge < -0.3 is 14.8 Å². The van der Waals surface area contributed by atoms with Crippen LogP contribution in [0.25, 0.3) is 0 Å². The lowest BCUT2D eigenvalue weighted by atomic mass is 10.7. The normalized spacial score (nSPS) is 8.36. The molecule has 1 aromatic heterocycles. The van der Waals surface area contributed by atoms with Crippen molar-refractivity contribution in [2.45, 2.75) is 0 Å². The third-order valence-corrected chi connectivity index (χ3v) is 1.07. The molecule has 7 heteroatoms. The van der Waals surface area contributed by atoms with Gasteiger partial charge in [-0.3, -0.25) is 0 Å².